The third kappa shape index (κ3) is 2.91. The van der Waals surface area contributed by atoms with Crippen LogP contribution in [0.3, 0.4) is 0 Å². The Balaban J connectivity index is 2.12. The zero-order valence-corrected chi connectivity index (χ0v) is 13.0. The van der Waals surface area contributed by atoms with E-state index in [1.807, 2.05) is 13.2 Å². The van der Waals surface area contributed by atoms with Crippen LogP contribution in [0.4, 0.5) is 0 Å². The molecule has 0 spiro atoms. The molecular weight excluding hydrogens is 288 g/mol. The zero-order valence-electron chi connectivity index (χ0n) is 10.5. The summed E-state index contributed by atoms with van der Waals surface area (Å²) in [5, 5.41) is 0. The highest BCUT2D eigenvalue weighted by molar-refractivity contribution is 8.00. The van der Waals surface area contributed by atoms with E-state index in [9.17, 15) is 8.42 Å². The van der Waals surface area contributed by atoms with E-state index in [1.54, 1.807) is 17.8 Å². The fourth-order valence-corrected chi connectivity index (χ4v) is 5.25. The second-order valence-electron chi connectivity index (χ2n) is 4.55. The molecule has 1 aromatic heterocycles. The summed E-state index contributed by atoms with van der Waals surface area (Å²) < 4.78 is 27.3. The number of thiophene rings is 1. The lowest BCUT2D eigenvalue weighted by molar-refractivity contribution is 0.579. The van der Waals surface area contributed by atoms with Crippen molar-refractivity contribution in [3.8, 4) is 0 Å². The van der Waals surface area contributed by atoms with Crippen molar-refractivity contribution < 1.29 is 8.42 Å². The van der Waals surface area contributed by atoms with E-state index in [0.29, 0.717) is 18.0 Å². The summed E-state index contributed by atoms with van der Waals surface area (Å²) in [7, 11) is -3.39. The van der Waals surface area contributed by atoms with E-state index < -0.39 is 10.0 Å². The van der Waals surface area contributed by atoms with Crippen LogP contribution in [0, 0.1) is 6.92 Å². The van der Waals surface area contributed by atoms with E-state index in [2.05, 4.69) is 4.72 Å². The van der Waals surface area contributed by atoms with E-state index in [-0.39, 0.29) is 4.75 Å². The first kappa shape index (κ1) is 14.3. The molecule has 0 atom stereocenters. The molecule has 4 nitrogen and oxygen atoms in total. The molecular formula is C11H18N2O2S3. The molecule has 7 heteroatoms. The number of hydrogen-bond donors (Lipinski definition) is 2. The number of nitrogens with one attached hydrogen (secondary N) is 1. The van der Waals surface area contributed by atoms with E-state index in [4.69, 9.17) is 5.73 Å². The minimum Gasteiger partial charge on any atom is -0.326 e. The monoisotopic (exact) mass is 306 g/mol. The Labute approximate surface area is 116 Å². The summed E-state index contributed by atoms with van der Waals surface area (Å²) in [6, 6.07) is 1.68. The Morgan fingerprint density at radius 1 is 1.56 bits per heavy atom. The molecule has 0 aliphatic heterocycles. The Hall–Kier alpha value is -0.0800. The van der Waals surface area contributed by atoms with Crippen LogP contribution in [0.5, 0.6) is 0 Å². The highest BCUT2D eigenvalue weighted by Crippen LogP contribution is 2.46. The van der Waals surface area contributed by atoms with Gasteiger partial charge in [0, 0.05) is 27.6 Å². The second-order valence-corrected chi connectivity index (χ2v) is 8.90. The van der Waals surface area contributed by atoms with Gasteiger partial charge in [-0.15, -0.1) is 11.3 Å². The molecule has 1 saturated carbocycles. The molecule has 0 unspecified atom stereocenters. The van der Waals surface area contributed by atoms with Gasteiger partial charge in [0.15, 0.2) is 0 Å². The van der Waals surface area contributed by atoms with Gasteiger partial charge in [-0.25, -0.2) is 13.1 Å². The first-order valence-electron chi connectivity index (χ1n) is 5.77. The van der Waals surface area contributed by atoms with Crippen LogP contribution in [-0.4, -0.2) is 26.0 Å². The summed E-state index contributed by atoms with van der Waals surface area (Å²) in [4.78, 5) is 2.08. The molecule has 1 aliphatic rings. The topological polar surface area (TPSA) is 72.2 Å². The molecule has 1 aromatic rings. The number of rotatable bonds is 6. The lowest BCUT2D eigenvalue weighted by atomic mass is 10.4. The average molecular weight is 306 g/mol. The number of aryl methyl sites for hydroxylation is 1. The van der Waals surface area contributed by atoms with Crippen molar-refractivity contribution in [1.82, 2.24) is 4.72 Å². The molecule has 3 N–H and O–H groups in total. The maximum atomic E-state index is 12.2. The smallest absolute Gasteiger partial charge is 0.241 e. The van der Waals surface area contributed by atoms with Gasteiger partial charge in [0.05, 0.1) is 4.90 Å². The molecule has 1 heterocycles. The van der Waals surface area contributed by atoms with Crippen molar-refractivity contribution in [2.75, 3.05) is 12.8 Å². The van der Waals surface area contributed by atoms with Crippen LogP contribution < -0.4 is 10.5 Å². The summed E-state index contributed by atoms with van der Waals surface area (Å²) in [6.07, 6.45) is 4.21. The number of nitrogens with two attached hydrogens (primary N) is 1. The lowest BCUT2D eigenvalue weighted by Crippen LogP contribution is -2.31. The van der Waals surface area contributed by atoms with Gasteiger partial charge in [0.25, 0.3) is 0 Å². The number of thioether (sulfide) groups is 1. The van der Waals surface area contributed by atoms with Crippen molar-refractivity contribution >= 4 is 33.1 Å². The summed E-state index contributed by atoms with van der Waals surface area (Å²) in [6.45, 7) is 2.72. The SMILES string of the molecule is CSC1(CNS(=O)(=O)c2cc(CN)sc2C)CC1. The zero-order chi connectivity index (χ0) is 13.4. The minimum absolute atomic E-state index is 0.133. The summed E-state index contributed by atoms with van der Waals surface area (Å²) in [5.41, 5.74) is 5.54. The minimum atomic E-state index is -3.39. The predicted molar refractivity (Wildman–Crippen MR) is 77.6 cm³/mol. The molecule has 2 rings (SSSR count). The molecule has 18 heavy (non-hydrogen) atoms. The molecule has 1 aliphatic carbocycles. The Bertz CT molecular complexity index is 532. The van der Waals surface area contributed by atoms with Crippen LogP contribution in [-0.2, 0) is 16.6 Å². The highest BCUT2D eigenvalue weighted by Gasteiger charge is 2.42. The van der Waals surface area contributed by atoms with Gasteiger partial charge in [-0.05, 0) is 32.1 Å². The molecule has 102 valence electrons. The van der Waals surface area contributed by atoms with Crippen LogP contribution >= 0.6 is 23.1 Å². The highest BCUT2D eigenvalue weighted by atomic mass is 32.2. The van der Waals surface area contributed by atoms with Gasteiger partial charge in [-0.2, -0.15) is 11.8 Å². The molecule has 0 amide bonds. The second kappa shape index (κ2) is 5.13. The Morgan fingerprint density at radius 3 is 2.67 bits per heavy atom. The van der Waals surface area contributed by atoms with Gasteiger partial charge < -0.3 is 5.73 Å². The first-order valence-corrected chi connectivity index (χ1v) is 9.29. The van der Waals surface area contributed by atoms with Gasteiger partial charge in [-0.3, -0.25) is 0 Å². The summed E-state index contributed by atoms with van der Waals surface area (Å²) in [5.74, 6) is 0. The largest absolute Gasteiger partial charge is 0.326 e. The fraction of sp³-hybridized carbons (Fsp3) is 0.636. The third-order valence-corrected chi connectivity index (χ3v) is 7.39. The van der Waals surface area contributed by atoms with Crippen molar-refractivity contribution in [2.45, 2.75) is 36.0 Å². The molecule has 0 saturated heterocycles. The van der Waals surface area contributed by atoms with Gasteiger partial charge in [-0.1, -0.05) is 0 Å². The van der Waals surface area contributed by atoms with Crippen LogP contribution in [0.15, 0.2) is 11.0 Å². The fourth-order valence-electron chi connectivity index (χ4n) is 1.79. The van der Waals surface area contributed by atoms with Crippen molar-refractivity contribution in [3.05, 3.63) is 15.8 Å². The van der Waals surface area contributed by atoms with Crippen molar-refractivity contribution in [1.29, 1.82) is 0 Å². The average Bonchev–Trinajstić information content (AvgIpc) is 3.03. The standard InChI is InChI=1S/C11H18N2O2S3/c1-8-10(5-9(6-12)17-8)18(14,15)13-7-11(16-2)3-4-11/h5,13H,3-4,6-7,12H2,1-2H3. The molecule has 0 bridgehead atoms. The predicted octanol–water partition coefficient (Wildman–Crippen LogP) is 1.69. The van der Waals surface area contributed by atoms with Crippen LogP contribution in [0.25, 0.3) is 0 Å². The van der Waals surface area contributed by atoms with Gasteiger partial charge in [0.1, 0.15) is 0 Å². The van der Waals surface area contributed by atoms with E-state index in [0.717, 1.165) is 22.6 Å². The van der Waals surface area contributed by atoms with Crippen molar-refractivity contribution in [3.63, 3.8) is 0 Å². The summed E-state index contributed by atoms with van der Waals surface area (Å²) >= 11 is 3.19. The van der Waals surface area contributed by atoms with E-state index >= 15 is 0 Å². The maximum absolute atomic E-state index is 12.2. The molecule has 0 radical (unpaired) electrons. The van der Waals surface area contributed by atoms with Gasteiger partial charge in [0.2, 0.25) is 10.0 Å². The molecule has 1 fully saturated rings. The van der Waals surface area contributed by atoms with Crippen molar-refractivity contribution in [2.24, 2.45) is 5.73 Å². The number of sulfonamides is 1. The Morgan fingerprint density at radius 2 is 2.22 bits per heavy atom. The van der Waals surface area contributed by atoms with Crippen LogP contribution in [0.2, 0.25) is 0 Å². The Kier molecular flexibility index (Phi) is 4.08. The van der Waals surface area contributed by atoms with E-state index in [1.165, 1.54) is 11.3 Å². The lowest BCUT2D eigenvalue weighted by Gasteiger charge is -2.13. The number of hydrogen-bond acceptors (Lipinski definition) is 5. The maximum Gasteiger partial charge on any atom is 0.241 e. The third-order valence-electron chi connectivity index (χ3n) is 3.24. The van der Waals surface area contributed by atoms with Crippen LogP contribution in [0.1, 0.15) is 22.6 Å². The van der Waals surface area contributed by atoms with Gasteiger partial charge >= 0.3 is 0 Å². The quantitative estimate of drug-likeness (QED) is 0.839. The first-order chi connectivity index (χ1) is 8.42. The molecule has 0 aromatic carbocycles. The normalized spacial score (nSPS) is 17.9.